The molecule has 132 valence electrons. The summed E-state index contributed by atoms with van der Waals surface area (Å²) >= 11 is 6.10. The summed E-state index contributed by atoms with van der Waals surface area (Å²) in [4.78, 5) is 14.6. The molecule has 1 unspecified atom stereocenters. The van der Waals surface area contributed by atoms with Crippen molar-refractivity contribution in [2.45, 2.75) is 6.04 Å². The zero-order valence-electron chi connectivity index (χ0n) is 14.1. The lowest BCUT2D eigenvalue weighted by Crippen LogP contribution is -2.50. The molecule has 2 aromatic carbocycles. The summed E-state index contributed by atoms with van der Waals surface area (Å²) in [7, 11) is 1.58. The predicted molar refractivity (Wildman–Crippen MR) is 97.3 cm³/mol. The second kappa shape index (κ2) is 8.23. The fourth-order valence-electron chi connectivity index (χ4n) is 2.97. The van der Waals surface area contributed by atoms with E-state index in [9.17, 15) is 4.79 Å². The summed E-state index contributed by atoms with van der Waals surface area (Å²) in [6, 6.07) is 14.9. The van der Waals surface area contributed by atoms with Gasteiger partial charge in [-0.2, -0.15) is 0 Å². The number of nitrogens with one attached hydrogen (secondary N) is 1. The number of hydrogen-bond donors (Lipinski definition) is 1. The molecule has 0 radical (unpaired) electrons. The lowest BCUT2D eigenvalue weighted by atomic mass is 10.0. The van der Waals surface area contributed by atoms with Crippen LogP contribution in [0, 0.1) is 0 Å². The smallest absolute Gasteiger partial charge is 0.261 e. The molecule has 0 spiro atoms. The van der Waals surface area contributed by atoms with Crippen molar-refractivity contribution in [2.24, 2.45) is 0 Å². The third-order valence-corrected chi connectivity index (χ3v) is 4.45. The molecule has 1 fully saturated rings. The standard InChI is InChI=1S/C19H21ClN2O3/c1-24-17-7-2-3-8-18(17)25-13-19(23)22-10-9-21-12-16(22)14-5-4-6-15(20)11-14/h2-8,11,16,21H,9-10,12-13H2,1H3. The van der Waals surface area contributed by atoms with Gasteiger partial charge in [0.1, 0.15) is 0 Å². The number of para-hydroxylation sites is 2. The number of piperazine rings is 1. The third kappa shape index (κ3) is 4.24. The molecule has 1 heterocycles. The first-order valence-electron chi connectivity index (χ1n) is 8.20. The molecule has 6 heteroatoms. The molecule has 1 atom stereocenters. The summed E-state index contributed by atoms with van der Waals surface area (Å²) in [6.45, 7) is 2.06. The Labute approximate surface area is 152 Å². The van der Waals surface area contributed by atoms with Gasteiger partial charge in [0, 0.05) is 24.7 Å². The van der Waals surface area contributed by atoms with E-state index in [0.29, 0.717) is 29.6 Å². The van der Waals surface area contributed by atoms with Crippen LogP contribution in [0.25, 0.3) is 0 Å². The second-order valence-corrected chi connectivity index (χ2v) is 6.24. The molecule has 1 saturated heterocycles. The summed E-state index contributed by atoms with van der Waals surface area (Å²) in [5, 5.41) is 4.00. The van der Waals surface area contributed by atoms with Crippen LogP contribution < -0.4 is 14.8 Å². The highest BCUT2D eigenvalue weighted by molar-refractivity contribution is 6.30. The molecule has 1 amide bonds. The van der Waals surface area contributed by atoms with Crippen molar-refractivity contribution in [1.82, 2.24) is 10.2 Å². The average molecular weight is 361 g/mol. The van der Waals surface area contributed by atoms with Gasteiger partial charge in [-0.3, -0.25) is 4.79 Å². The molecule has 0 aromatic heterocycles. The molecule has 2 aromatic rings. The van der Waals surface area contributed by atoms with E-state index in [0.717, 1.165) is 12.1 Å². The molecule has 1 N–H and O–H groups in total. The summed E-state index contributed by atoms with van der Waals surface area (Å²) in [5.74, 6) is 1.12. The van der Waals surface area contributed by atoms with Gasteiger partial charge in [-0.1, -0.05) is 35.9 Å². The van der Waals surface area contributed by atoms with Crippen LogP contribution in [0.2, 0.25) is 5.02 Å². The van der Waals surface area contributed by atoms with Gasteiger partial charge in [-0.15, -0.1) is 0 Å². The van der Waals surface area contributed by atoms with Crippen LogP contribution in [0.3, 0.4) is 0 Å². The van der Waals surface area contributed by atoms with Gasteiger partial charge in [0.25, 0.3) is 5.91 Å². The molecule has 1 aliphatic rings. The highest BCUT2D eigenvalue weighted by atomic mass is 35.5. The van der Waals surface area contributed by atoms with Crippen molar-refractivity contribution in [3.05, 3.63) is 59.1 Å². The van der Waals surface area contributed by atoms with Crippen LogP contribution in [-0.4, -0.2) is 44.2 Å². The van der Waals surface area contributed by atoms with Crippen LogP contribution in [0.1, 0.15) is 11.6 Å². The third-order valence-electron chi connectivity index (χ3n) is 4.22. The Balaban J connectivity index is 1.71. The fraction of sp³-hybridized carbons (Fsp3) is 0.316. The topological polar surface area (TPSA) is 50.8 Å². The van der Waals surface area contributed by atoms with Crippen molar-refractivity contribution in [2.75, 3.05) is 33.4 Å². The molecular formula is C19H21ClN2O3. The van der Waals surface area contributed by atoms with E-state index in [1.54, 1.807) is 19.2 Å². The SMILES string of the molecule is COc1ccccc1OCC(=O)N1CCNCC1c1cccc(Cl)c1. The zero-order valence-corrected chi connectivity index (χ0v) is 14.8. The summed E-state index contributed by atoms with van der Waals surface area (Å²) in [6.07, 6.45) is 0. The number of ether oxygens (including phenoxy) is 2. The Kier molecular flexibility index (Phi) is 5.79. The summed E-state index contributed by atoms with van der Waals surface area (Å²) in [5.41, 5.74) is 1.02. The van der Waals surface area contributed by atoms with Crippen LogP contribution in [0.15, 0.2) is 48.5 Å². The molecule has 25 heavy (non-hydrogen) atoms. The fourth-order valence-corrected chi connectivity index (χ4v) is 3.17. The molecule has 5 nitrogen and oxygen atoms in total. The molecule has 0 bridgehead atoms. The number of carbonyl (C=O) groups is 1. The van der Waals surface area contributed by atoms with Crippen LogP contribution >= 0.6 is 11.6 Å². The second-order valence-electron chi connectivity index (χ2n) is 5.80. The Hall–Kier alpha value is -2.24. The van der Waals surface area contributed by atoms with Crippen molar-refractivity contribution >= 4 is 17.5 Å². The molecular weight excluding hydrogens is 340 g/mol. The Morgan fingerprint density at radius 1 is 1.24 bits per heavy atom. The monoisotopic (exact) mass is 360 g/mol. The first-order valence-corrected chi connectivity index (χ1v) is 8.58. The summed E-state index contributed by atoms with van der Waals surface area (Å²) < 4.78 is 10.9. The highest BCUT2D eigenvalue weighted by Gasteiger charge is 2.28. The minimum absolute atomic E-state index is 0.0303. The first kappa shape index (κ1) is 17.6. The largest absolute Gasteiger partial charge is 0.493 e. The Bertz CT molecular complexity index is 738. The van der Waals surface area contributed by atoms with Gasteiger partial charge in [-0.25, -0.2) is 0 Å². The van der Waals surface area contributed by atoms with Crippen molar-refractivity contribution in [3.8, 4) is 11.5 Å². The van der Waals surface area contributed by atoms with Gasteiger partial charge in [0.05, 0.1) is 13.2 Å². The van der Waals surface area contributed by atoms with Gasteiger partial charge >= 0.3 is 0 Å². The van der Waals surface area contributed by atoms with Gasteiger partial charge in [0.15, 0.2) is 18.1 Å². The minimum atomic E-state index is -0.0580. The first-order chi connectivity index (χ1) is 12.2. The van der Waals surface area contributed by atoms with E-state index in [1.807, 2.05) is 41.3 Å². The van der Waals surface area contributed by atoms with Crippen LogP contribution in [0.5, 0.6) is 11.5 Å². The van der Waals surface area contributed by atoms with Crippen LogP contribution in [0.4, 0.5) is 0 Å². The van der Waals surface area contributed by atoms with Gasteiger partial charge < -0.3 is 19.7 Å². The lowest BCUT2D eigenvalue weighted by Gasteiger charge is -2.36. The maximum absolute atomic E-state index is 12.7. The van der Waals surface area contributed by atoms with Crippen molar-refractivity contribution in [3.63, 3.8) is 0 Å². The van der Waals surface area contributed by atoms with E-state index in [2.05, 4.69) is 5.32 Å². The molecule has 0 aliphatic carbocycles. The molecule has 1 aliphatic heterocycles. The van der Waals surface area contributed by atoms with Crippen molar-refractivity contribution in [1.29, 1.82) is 0 Å². The quantitative estimate of drug-likeness (QED) is 0.890. The van der Waals surface area contributed by atoms with E-state index in [-0.39, 0.29) is 18.6 Å². The maximum atomic E-state index is 12.7. The number of amides is 1. The minimum Gasteiger partial charge on any atom is -0.493 e. The molecule has 3 rings (SSSR count). The van der Waals surface area contributed by atoms with E-state index in [4.69, 9.17) is 21.1 Å². The van der Waals surface area contributed by atoms with Gasteiger partial charge in [0.2, 0.25) is 0 Å². The van der Waals surface area contributed by atoms with E-state index < -0.39 is 0 Å². The zero-order chi connectivity index (χ0) is 17.6. The van der Waals surface area contributed by atoms with E-state index in [1.165, 1.54) is 0 Å². The predicted octanol–water partition coefficient (Wildman–Crippen LogP) is 2.90. The van der Waals surface area contributed by atoms with E-state index >= 15 is 0 Å². The maximum Gasteiger partial charge on any atom is 0.261 e. The number of benzene rings is 2. The van der Waals surface area contributed by atoms with Crippen molar-refractivity contribution < 1.29 is 14.3 Å². The number of methoxy groups -OCH3 is 1. The number of halogens is 1. The average Bonchev–Trinajstić information content (AvgIpc) is 2.66. The number of carbonyl (C=O) groups excluding carboxylic acids is 1. The Morgan fingerprint density at radius 2 is 2.04 bits per heavy atom. The van der Waals surface area contributed by atoms with Crippen LogP contribution in [-0.2, 0) is 4.79 Å². The van der Waals surface area contributed by atoms with Gasteiger partial charge in [-0.05, 0) is 29.8 Å². The Morgan fingerprint density at radius 3 is 2.80 bits per heavy atom. The highest BCUT2D eigenvalue weighted by Crippen LogP contribution is 2.27. The number of rotatable bonds is 5. The number of nitrogens with zero attached hydrogens (tertiary/aromatic N) is 1. The molecule has 0 saturated carbocycles. The normalized spacial score (nSPS) is 17.2. The lowest BCUT2D eigenvalue weighted by molar-refractivity contribution is -0.136. The number of hydrogen-bond acceptors (Lipinski definition) is 4.